The molecule has 1 unspecified atom stereocenters. The van der Waals surface area contributed by atoms with Crippen molar-refractivity contribution >= 4 is 0 Å². The van der Waals surface area contributed by atoms with Crippen LogP contribution in [-0.4, -0.2) is 21.2 Å². The van der Waals surface area contributed by atoms with Gasteiger partial charge in [0, 0.05) is 25.1 Å². The summed E-state index contributed by atoms with van der Waals surface area (Å²) in [6.45, 7) is 3.13. The summed E-state index contributed by atoms with van der Waals surface area (Å²) in [6.07, 6.45) is 12.4. The molecule has 3 nitrogen and oxygen atoms in total. The van der Waals surface area contributed by atoms with Gasteiger partial charge in [-0.15, -0.1) is 0 Å². The Hall–Kier alpha value is -1.51. The largest absolute Gasteiger partial charge is 0.353 e. The maximum absolute atomic E-state index is 4.23. The first kappa shape index (κ1) is 8.10. The van der Waals surface area contributed by atoms with Crippen LogP contribution >= 0.6 is 0 Å². The highest BCUT2D eigenvalue weighted by Gasteiger charge is 2.13. The summed E-state index contributed by atoms with van der Waals surface area (Å²) < 4.78 is 1.95. The van der Waals surface area contributed by atoms with E-state index in [1.54, 1.807) is 6.20 Å². The Morgan fingerprint density at radius 1 is 1.38 bits per heavy atom. The van der Waals surface area contributed by atoms with Crippen molar-refractivity contribution in [1.82, 2.24) is 14.7 Å². The number of rotatable bonds is 2. The molecule has 0 amide bonds. The SMILES string of the molecule is CCN1C=CC=CC1n1cccn1. The summed E-state index contributed by atoms with van der Waals surface area (Å²) in [5.41, 5.74) is 0. The van der Waals surface area contributed by atoms with Crippen LogP contribution < -0.4 is 0 Å². The fourth-order valence-electron chi connectivity index (χ4n) is 1.49. The molecule has 13 heavy (non-hydrogen) atoms. The number of likely N-dealkylation sites (N-methyl/N-ethyl adjacent to an activating group) is 1. The molecule has 0 spiro atoms. The fraction of sp³-hybridized carbons (Fsp3) is 0.300. The van der Waals surface area contributed by atoms with Gasteiger partial charge >= 0.3 is 0 Å². The highest BCUT2D eigenvalue weighted by Crippen LogP contribution is 2.17. The van der Waals surface area contributed by atoms with Crippen LogP contribution in [0.3, 0.4) is 0 Å². The molecule has 1 atom stereocenters. The molecule has 2 heterocycles. The molecule has 2 rings (SSSR count). The molecule has 0 bridgehead atoms. The van der Waals surface area contributed by atoms with Gasteiger partial charge in [-0.1, -0.05) is 6.08 Å². The molecule has 1 aromatic heterocycles. The average Bonchev–Trinajstić information content (AvgIpc) is 2.70. The lowest BCUT2D eigenvalue weighted by atomic mass is 10.3. The summed E-state index contributed by atoms with van der Waals surface area (Å²) in [4.78, 5) is 2.23. The second kappa shape index (κ2) is 3.47. The van der Waals surface area contributed by atoms with Crippen LogP contribution in [0.25, 0.3) is 0 Å². The smallest absolute Gasteiger partial charge is 0.141 e. The quantitative estimate of drug-likeness (QED) is 0.683. The van der Waals surface area contributed by atoms with Gasteiger partial charge in [0.05, 0.1) is 0 Å². The molecule has 0 saturated carbocycles. The van der Waals surface area contributed by atoms with Crippen molar-refractivity contribution in [3.8, 4) is 0 Å². The summed E-state index contributed by atoms with van der Waals surface area (Å²) in [5, 5.41) is 4.23. The first-order valence-corrected chi connectivity index (χ1v) is 4.51. The molecule has 68 valence electrons. The van der Waals surface area contributed by atoms with Gasteiger partial charge in [0.2, 0.25) is 0 Å². The lowest BCUT2D eigenvalue weighted by molar-refractivity contribution is 0.244. The Morgan fingerprint density at radius 3 is 3.00 bits per heavy atom. The van der Waals surface area contributed by atoms with E-state index in [0.717, 1.165) is 6.54 Å². The van der Waals surface area contributed by atoms with Gasteiger partial charge in [-0.3, -0.25) is 0 Å². The normalized spacial score (nSPS) is 21.0. The number of allylic oxidation sites excluding steroid dienone is 2. The van der Waals surface area contributed by atoms with E-state index < -0.39 is 0 Å². The van der Waals surface area contributed by atoms with Gasteiger partial charge in [0.1, 0.15) is 6.17 Å². The van der Waals surface area contributed by atoms with Crippen LogP contribution in [0.4, 0.5) is 0 Å². The van der Waals surface area contributed by atoms with Gasteiger partial charge in [0.15, 0.2) is 0 Å². The minimum absolute atomic E-state index is 0.241. The topological polar surface area (TPSA) is 21.1 Å². The van der Waals surface area contributed by atoms with E-state index in [2.05, 4.69) is 35.3 Å². The van der Waals surface area contributed by atoms with E-state index in [1.165, 1.54) is 0 Å². The van der Waals surface area contributed by atoms with Crippen LogP contribution in [0, 0.1) is 0 Å². The van der Waals surface area contributed by atoms with E-state index in [4.69, 9.17) is 0 Å². The Bertz CT molecular complexity index is 311. The highest BCUT2D eigenvalue weighted by atomic mass is 15.4. The van der Waals surface area contributed by atoms with Gasteiger partial charge < -0.3 is 4.90 Å². The van der Waals surface area contributed by atoms with Crippen molar-refractivity contribution in [3.63, 3.8) is 0 Å². The Kier molecular flexibility index (Phi) is 2.17. The number of nitrogens with zero attached hydrogens (tertiary/aromatic N) is 3. The Labute approximate surface area is 78.0 Å². The predicted molar refractivity (Wildman–Crippen MR) is 51.9 cm³/mol. The van der Waals surface area contributed by atoms with Crippen LogP contribution in [0.1, 0.15) is 13.1 Å². The third-order valence-electron chi connectivity index (χ3n) is 2.17. The standard InChI is InChI=1S/C10H13N3/c1-2-12-8-4-3-6-10(12)13-9-5-7-11-13/h3-10H,2H2,1H3. The maximum Gasteiger partial charge on any atom is 0.141 e. The first-order chi connectivity index (χ1) is 6.42. The second-order valence-electron chi connectivity index (χ2n) is 2.96. The van der Waals surface area contributed by atoms with Crippen molar-refractivity contribution in [2.75, 3.05) is 6.54 Å². The van der Waals surface area contributed by atoms with E-state index in [-0.39, 0.29) is 6.17 Å². The molecule has 0 fully saturated rings. The lowest BCUT2D eigenvalue weighted by Gasteiger charge is -2.29. The van der Waals surface area contributed by atoms with Crippen molar-refractivity contribution in [1.29, 1.82) is 0 Å². The average molecular weight is 175 g/mol. The van der Waals surface area contributed by atoms with Crippen LogP contribution in [0.15, 0.2) is 42.9 Å². The monoisotopic (exact) mass is 175 g/mol. The zero-order valence-corrected chi connectivity index (χ0v) is 7.67. The zero-order valence-electron chi connectivity index (χ0n) is 7.67. The van der Waals surface area contributed by atoms with Crippen molar-refractivity contribution in [2.24, 2.45) is 0 Å². The summed E-state index contributed by atoms with van der Waals surface area (Å²) in [5.74, 6) is 0. The fourth-order valence-corrected chi connectivity index (χ4v) is 1.49. The van der Waals surface area contributed by atoms with Crippen molar-refractivity contribution < 1.29 is 0 Å². The summed E-state index contributed by atoms with van der Waals surface area (Å²) >= 11 is 0. The summed E-state index contributed by atoms with van der Waals surface area (Å²) in [7, 11) is 0. The van der Waals surface area contributed by atoms with Gasteiger partial charge in [-0.25, -0.2) is 4.68 Å². The lowest BCUT2D eigenvalue weighted by Crippen LogP contribution is -2.28. The minimum atomic E-state index is 0.241. The molecule has 1 aliphatic heterocycles. The maximum atomic E-state index is 4.23. The van der Waals surface area contributed by atoms with E-state index in [1.807, 2.05) is 23.0 Å². The Morgan fingerprint density at radius 2 is 2.31 bits per heavy atom. The number of hydrogen-bond acceptors (Lipinski definition) is 2. The third-order valence-corrected chi connectivity index (χ3v) is 2.17. The van der Waals surface area contributed by atoms with Gasteiger partial charge in [-0.2, -0.15) is 5.10 Å². The summed E-state index contributed by atoms with van der Waals surface area (Å²) in [6, 6.07) is 1.94. The third kappa shape index (κ3) is 1.49. The van der Waals surface area contributed by atoms with E-state index >= 15 is 0 Å². The first-order valence-electron chi connectivity index (χ1n) is 4.51. The van der Waals surface area contributed by atoms with Crippen LogP contribution in [0.5, 0.6) is 0 Å². The molecule has 1 aromatic rings. The molecule has 0 saturated heterocycles. The highest BCUT2D eigenvalue weighted by molar-refractivity contribution is 5.11. The molecule has 0 aliphatic carbocycles. The van der Waals surface area contributed by atoms with E-state index in [0.29, 0.717) is 0 Å². The van der Waals surface area contributed by atoms with Gasteiger partial charge in [-0.05, 0) is 25.1 Å². The molecular formula is C10H13N3. The van der Waals surface area contributed by atoms with E-state index in [9.17, 15) is 0 Å². The van der Waals surface area contributed by atoms with Crippen LogP contribution in [0.2, 0.25) is 0 Å². The Balaban J connectivity index is 2.23. The molecule has 1 aliphatic rings. The molecule has 0 N–H and O–H groups in total. The van der Waals surface area contributed by atoms with Crippen molar-refractivity contribution in [2.45, 2.75) is 13.1 Å². The second-order valence-corrected chi connectivity index (χ2v) is 2.96. The number of aromatic nitrogens is 2. The molecule has 0 aromatic carbocycles. The molecule has 3 heteroatoms. The predicted octanol–water partition coefficient (Wildman–Crippen LogP) is 1.79. The number of hydrogen-bond donors (Lipinski definition) is 0. The minimum Gasteiger partial charge on any atom is -0.353 e. The molecular weight excluding hydrogens is 162 g/mol. The van der Waals surface area contributed by atoms with Gasteiger partial charge in [0.25, 0.3) is 0 Å². The molecule has 0 radical (unpaired) electrons. The zero-order chi connectivity index (χ0) is 9.10. The van der Waals surface area contributed by atoms with Crippen LogP contribution in [-0.2, 0) is 0 Å². The van der Waals surface area contributed by atoms with Crippen molar-refractivity contribution in [3.05, 3.63) is 42.9 Å².